The van der Waals surface area contributed by atoms with Crippen LogP contribution in [0.1, 0.15) is 5.56 Å². The Balaban J connectivity index is 1.26. The lowest BCUT2D eigenvalue weighted by Crippen LogP contribution is -2.47. The standard InChI is InChI=1S/C22H24ClN5O2/c23-20-13-18(7-8-21(20)28-10-4-9-25-28)26-22(29)24-14-19-16-27(11-12-30-19)15-17-5-2-1-3-6-17/h1-10,13,19H,11-12,14-16H2,(H2,24,26,29). The fourth-order valence-electron chi connectivity index (χ4n) is 3.45. The van der Waals surface area contributed by atoms with E-state index < -0.39 is 0 Å². The lowest BCUT2D eigenvalue weighted by atomic mass is 10.2. The van der Waals surface area contributed by atoms with E-state index in [-0.39, 0.29) is 12.1 Å². The van der Waals surface area contributed by atoms with E-state index in [2.05, 4.69) is 32.8 Å². The van der Waals surface area contributed by atoms with Crippen molar-refractivity contribution in [2.24, 2.45) is 0 Å². The molecule has 0 saturated carbocycles. The van der Waals surface area contributed by atoms with Crippen LogP contribution in [0, 0.1) is 0 Å². The Morgan fingerprint density at radius 1 is 1.20 bits per heavy atom. The molecule has 1 fully saturated rings. The predicted molar refractivity (Wildman–Crippen MR) is 117 cm³/mol. The maximum absolute atomic E-state index is 12.3. The van der Waals surface area contributed by atoms with Crippen LogP contribution in [0.4, 0.5) is 10.5 Å². The zero-order chi connectivity index (χ0) is 20.8. The van der Waals surface area contributed by atoms with Crippen LogP contribution < -0.4 is 10.6 Å². The topological polar surface area (TPSA) is 71.4 Å². The zero-order valence-electron chi connectivity index (χ0n) is 16.5. The van der Waals surface area contributed by atoms with Crippen molar-refractivity contribution in [1.82, 2.24) is 20.0 Å². The smallest absolute Gasteiger partial charge is 0.319 e. The maximum Gasteiger partial charge on any atom is 0.319 e. The molecule has 2 aromatic carbocycles. The van der Waals surface area contributed by atoms with Crippen molar-refractivity contribution < 1.29 is 9.53 Å². The summed E-state index contributed by atoms with van der Waals surface area (Å²) >= 11 is 6.33. The van der Waals surface area contributed by atoms with E-state index in [4.69, 9.17) is 16.3 Å². The number of carbonyl (C=O) groups is 1. The van der Waals surface area contributed by atoms with Gasteiger partial charge in [0.1, 0.15) is 0 Å². The average Bonchev–Trinajstić information content (AvgIpc) is 3.28. The largest absolute Gasteiger partial charge is 0.374 e. The molecular weight excluding hydrogens is 402 g/mol. The van der Waals surface area contributed by atoms with Crippen molar-refractivity contribution in [1.29, 1.82) is 0 Å². The number of halogens is 1. The van der Waals surface area contributed by atoms with Gasteiger partial charge in [0.25, 0.3) is 0 Å². The molecule has 7 nitrogen and oxygen atoms in total. The molecule has 2 heterocycles. The third-order valence-electron chi connectivity index (χ3n) is 4.92. The highest BCUT2D eigenvalue weighted by molar-refractivity contribution is 6.32. The number of anilines is 1. The summed E-state index contributed by atoms with van der Waals surface area (Å²) in [7, 11) is 0. The van der Waals surface area contributed by atoms with Gasteiger partial charge in [0.2, 0.25) is 0 Å². The second-order valence-electron chi connectivity index (χ2n) is 7.17. The van der Waals surface area contributed by atoms with Crippen LogP contribution >= 0.6 is 11.6 Å². The van der Waals surface area contributed by atoms with E-state index in [1.165, 1.54) is 5.56 Å². The first-order chi connectivity index (χ1) is 14.7. The first kappa shape index (κ1) is 20.4. The summed E-state index contributed by atoms with van der Waals surface area (Å²) in [5.74, 6) is 0. The van der Waals surface area contributed by atoms with Crippen molar-refractivity contribution in [2.75, 3.05) is 31.6 Å². The van der Waals surface area contributed by atoms with Crippen molar-refractivity contribution >= 4 is 23.3 Å². The van der Waals surface area contributed by atoms with Crippen molar-refractivity contribution in [3.05, 3.63) is 77.6 Å². The number of nitrogens with one attached hydrogen (secondary N) is 2. The van der Waals surface area contributed by atoms with Crippen LogP contribution in [0.5, 0.6) is 0 Å². The fourth-order valence-corrected chi connectivity index (χ4v) is 3.72. The van der Waals surface area contributed by atoms with Gasteiger partial charge in [-0.2, -0.15) is 5.10 Å². The summed E-state index contributed by atoms with van der Waals surface area (Å²) < 4.78 is 7.48. The van der Waals surface area contributed by atoms with Crippen LogP contribution in [0.25, 0.3) is 5.69 Å². The Labute approximate surface area is 180 Å². The van der Waals surface area contributed by atoms with Crippen LogP contribution in [0.15, 0.2) is 67.0 Å². The van der Waals surface area contributed by atoms with E-state index in [1.807, 2.05) is 36.5 Å². The zero-order valence-corrected chi connectivity index (χ0v) is 17.3. The van der Waals surface area contributed by atoms with Crippen LogP contribution in [0.2, 0.25) is 5.02 Å². The highest BCUT2D eigenvalue weighted by atomic mass is 35.5. The molecule has 1 aromatic heterocycles. The number of aromatic nitrogens is 2. The molecule has 30 heavy (non-hydrogen) atoms. The van der Waals surface area contributed by atoms with Gasteiger partial charge in [0, 0.05) is 44.3 Å². The molecule has 0 aliphatic carbocycles. The van der Waals surface area contributed by atoms with E-state index in [0.29, 0.717) is 23.9 Å². The van der Waals surface area contributed by atoms with Gasteiger partial charge in [-0.05, 0) is 29.8 Å². The minimum absolute atomic E-state index is 0.0426. The normalized spacial score (nSPS) is 16.9. The summed E-state index contributed by atoms with van der Waals surface area (Å²) in [5.41, 5.74) is 2.64. The second-order valence-corrected chi connectivity index (χ2v) is 7.57. The minimum Gasteiger partial charge on any atom is -0.374 e. The first-order valence-electron chi connectivity index (χ1n) is 9.90. The van der Waals surface area contributed by atoms with E-state index in [9.17, 15) is 4.79 Å². The lowest BCUT2D eigenvalue weighted by molar-refractivity contribution is -0.0285. The third kappa shape index (κ3) is 5.38. The molecule has 1 aliphatic heterocycles. The molecule has 1 unspecified atom stereocenters. The second kappa shape index (κ2) is 9.75. The van der Waals surface area contributed by atoms with Gasteiger partial charge in [-0.15, -0.1) is 0 Å². The molecule has 2 amide bonds. The van der Waals surface area contributed by atoms with Gasteiger partial charge < -0.3 is 15.4 Å². The number of hydrogen-bond donors (Lipinski definition) is 2. The number of morpholine rings is 1. The van der Waals surface area contributed by atoms with Crippen LogP contribution in [-0.2, 0) is 11.3 Å². The van der Waals surface area contributed by atoms with Crippen LogP contribution in [-0.4, -0.2) is 53.1 Å². The molecule has 4 rings (SSSR count). The molecule has 1 atom stereocenters. The summed E-state index contributed by atoms with van der Waals surface area (Å²) in [6.45, 7) is 3.65. The quantitative estimate of drug-likeness (QED) is 0.633. The Morgan fingerprint density at radius 2 is 2.07 bits per heavy atom. The molecule has 0 radical (unpaired) electrons. The van der Waals surface area contributed by atoms with Crippen molar-refractivity contribution in [3.8, 4) is 5.69 Å². The summed E-state index contributed by atoms with van der Waals surface area (Å²) in [6, 6.07) is 17.2. The highest BCUT2D eigenvalue weighted by Gasteiger charge is 2.21. The predicted octanol–water partition coefficient (Wildman–Crippen LogP) is 3.55. The first-order valence-corrected chi connectivity index (χ1v) is 10.3. The molecule has 156 valence electrons. The molecule has 0 bridgehead atoms. The number of benzene rings is 2. The molecule has 8 heteroatoms. The number of amides is 2. The summed E-state index contributed by atoms with van der Waals surface area (Å²) in [6.07, 6.45) is 3.45. The van der Waals surface area contributed by atoms with Gasteiger partial charge >= 0.3 is 6.03 Å². The van der Waals surface area contributed by atoms with Crippen LogP contribution in [0.3, 0.4) is 0 Å². The summed E-state index contributed by atoms with van der Waals surface area (Å²) in [4.78, 5) is 14.6. The number of nitrogens with zero attached hydrogens (tertiary/aromatic N) is 3. The molecule has 0 spiro atoms. The fraction of sp³-hybridized carbons (Fsp3) is 0.273. The number of hydrogen-bond acceptors (Lipinski definition) is 4. The Hall–Kier alpha value is -2.87. The minimum atomic E-state index is -0.290. The van der Waals surface area contributed by atoms with E-state index >= 15 is 0 Å². The van der Waals surface area contributed by atoms with Gasteiger partial charge in [0.05, 0.1) is 23.4 Å². The van der Waals surface area contributed by atoms with Gasteiger partial charge in [-0.1, -0.05) is 41.9 Å². The molecular formula is C22H24ClN5O2. The Bertz CT molecular complexity index is 965. The Morgan fingerprint density at radius 3 is 2.83 bits per heavy atom. The van der Waals surface area contributed by atoms with Gasteiger partial charge in [-0.3, -0.25) is 4.90 Å². The van der Waals surface area contributed by atoms with E-state index in [1.54, 1.807) is 23.0 Å². The number of urea groups is 1. The molecule has 1 aliphatic rings. The molecule has 3 aromatic rings. The number of ether oxygens (including phenoxy) is 1. The molecule has 2 N–H and O–H groups in total. The SMILES string of the molecule is O=C(NCC1CN(Cc2ccccc2)CCO1)Nc1ccc(-n2cccn2)c(Cl)c1. The monoisotopic (exact) mass is 425 g/mol. The van der Waals surface area contributed by atoms with Gasteiger partial charge in [-0.25, -0.2) is 9.48 Å². The van der Waals surface area contributed by atoms with Crippen molar-refractivity contribution in [3.63, 3.8) is 0 Å². The Kier molecular flexibility index (Phi) is 6.63. The summed E-state index contributed by atoms with van der Waals surface area (Å²) in [5, 5.41) is 10.4. The lowest BCUT2D eigenvalue weighted by Gasteiger charge is -2.33. The average molecular weight is 426 g/mol. The van der Waals surface area contributed by atoms with Gasteiger partial charge in [0.15, 0.2) is 0 Å². The van der Waals surface area contributed by atoms with Crippen molar-refractivity contribution in [2.45, 2.75) is 12.6 Å². The van der Waals surface area contributed by atoms with E-state index in [0.717, 1.165) is 25.3 Å². The number of carbonyl (C=O) groups excluding carboxylic acids is 1. The third-order valence-corrected chi connectivity index (χ3v) is 5.22. The highest BCUT2D eigenvalue weighted by Crippen LogP contribution is 2.23. The number of rotatable bonds is 6. The molecule has 1 saturated heterocycles. The maximum atomic E-state index is 12.3.